The lowest BCUT2D eigenvalue weighted by atomic mass is 10.1. The topological polar surface area (TPSA) is 51.4 Å². The zero-order valence-corrected chi connectivity index (χ0v) is 16.1. The Balaban J connectivity index is 1.51. The number of rotatable bonds is 7. The van der Waals surface area contributed by atoms with E-state index in [2.05, 4.69) is 59.3 Å². The molecule has 0 unspecified atom stereocenters. The van der Waals surface area contributed by atoms with Crippen molar-refractivity contribution in [2.75, 3.05) is 20.2 Å². The minimum absolute atomic E-state index is 0.249. The third kappa shape index (κ3) is 3.98. The van der Waals surface area contributed by atoms with E-state index in [-0.39, 0.29) is 6.04 Å². The highest BCUT2D eigenvalue weighted by atomic mass is 16.5. The van der Waals surface area contributed by atoms with E-state index >= 15 is 0 Å². The lowest BCUT2D eigenvalue weighted by molar-refractivity contribution is 0.245. The smallest absolute Gasteiger partial charge is 0.244 e. The normalized spacial score (nSPS) is 17.6. The van der Waals surface area contributed by atoms with E-state index in [4.69, 9.17) is 9.26 Å². The molecule has 5 nitrogen and oxygen atoms in total. The number of unbranched alkanes of at least 4 members (excludes halogenated alkanes) is 2. The van der Waals surface area contributed by atoms with Crippen molar-refractivity contribution in [3.63, 3.8) is 0 Å². The summed E-state index contributed by atoms with van der Waals surface area (Å²) in [5.74, 6) is 2.31. The lowest BCUT2D eigenvalue weighted by Crippen LogP contribution is -2.17. The molecule has 0 bridgehead atoms. The Hall–Kier alpha value is -2.40. The molecule has 4 rings (SSSR count). The summed E-state index contributed by atoms with van der Waals surface area (Å²) in [5, 5.41) is 6.52. The monoisotopic (exact) mass is 365 g/mol. The molecule has 0 aliphatic carbocycles. The quantitative estimate of drug-likeness (QED) is 0.537. The van der Waals surface area contributed by atoms with Gasteiger partial charge in [-0.25, -0.2) is 0 Å². The number of benzene rings is 2. The first-order valence-electron chi connectivity index (χ1n) is 9.95. The minimum Gasteiger partial charge on any atom is -0.494 e. The van der Waals surface area contributed by atoms with Gasteiger partial charge in [0.15, 0.2) is 0 Å². The van der Waals surface area contributed by atoms with Crippen LogP contribution >= 0.6 is 0 Å². The zero-order valence-electron chi connectivity index (χ0n) is 16.1. The van der Waals surface area contributed by atoms with Crippen LogP contribution < -0.4 is 4.74 Å². The van der Waals surface area contributed by atoms with E-state index in [0.717, 1.165) is 54.0 Å². The molecule has 1 fully saturated rings. The summed E-state index contributed by atoms with van der Waals surface area (Å²) in [7, 11) is 2.11. The van der Waals surface area contributed by atoms with Crippen LogP contribution in [-0.2, 0) is 0 Å². The first kappa shape index (κ1) is 18.0. The molecule has 1 atom stereocenters. The van der Waals surface area contributed by atoms with E-state index in [0.29, 0.717) is 5.82 Å². The molecule has 0 radical (unpaired) electrons. The Morgan fingerprint density at radius 3 is 2.81 bits per heavy atom. The van der Waals surface area contributed by atoms with Crippen LogP contribution in [0.2, 0.25) is 0 Å². The number of nitrogens with zero attached hydrogens (tertiary/aromatic N) is 3. The van der Waals surface area contributed by atoms with Crippen LogP contribution in [0.1, 0.15) is 51.0 Å². The standard InChI is InChI=1S/C22H27N3O2/c1-3-4-5-13-26-19-11-10-16-14-18(9-8-17(16)15-19)21-23-22(27-24-21)20-7-6-12-25(20)2/h8-11,14-15,20H,3-7,12-13H2,1-2H3/t20-/m0/s1. The first-order valence-corrected chi connectivity index (χ1v) is 9.95. The summed E-state index contributed by atoms with van der Waals surface area (Å²) in [5.41, 5.74) is 0.981. The Morgan fingerprint density at radius 2 is 2.00 bits per heavy atom. The Morgan fingerprint density at radius 1 is 1.15 bits per heavy atom. The Labute approximate surface area is 160 Å². The van der Waals surface area contributed by atoms with Gasteiger partial charge >= 0.3 is 0 Å². The number of ether oxygens (including phenoxy) is 1. The summed E-state index contributed by atoms with van der Waals surface area (Å²) in [6, 6.07) is 12.7. The van der Waals surface area contributed by atoms with Crippen LogP contribution in [0.25, 0.3) is 22.2 Å². The second-order valence-corrected chi connectivity index (χ2v) is 7.37. The van der Waals surface area contributed by atoms with Gasteiger partial charge in [0.05, 0.1) is 12.6 Å². The van der Waals surface area contributed by atoms with E-state index in [1.54, 1.807) is 0 Å². The van der Waals surface area contributed by atoms with Crippen molar-refractivity contribution in [3.05, 3.63) is 42.3 Å². The predicted octanol–water partition coefficient (Wildman–Crippen LogP) is 5.23. The number of aromatic nitrogens is 2. The average Bonchev–Trinajstić information content (AvgIpc) is 3.33. The van der Waals surface area contributed by atoms with Gasteiger partial charge in [0, 0.05) is 5.56 Å². The van der Waals surface area contributed by atoms with Gasteiger partial charge in [0.2, 0.25) is 11.7 Å². The molecule has 5 heteroatoms. The molecule has 1 aliphatic heterocycles. The maximum absolute atomic E-state index is 5.86. The van der Waals surface area contributed by atoms with E-state index in [1.165, 1.54) is 19.3 Å². The third-order valence-corrected chi connectivity index (χ3v) is 5.33. The van der Waals surface area contributed by atoms with Crippen molar-refractivity contribution in [2.24, 2.45) is 0 Å². The Bertz CT molecular complexity index is 905. The highest BCUT2D eigenvalue weighted by Gasteiger charge is 2.27. The number of fused-ring (bicyclic) bond motifs is 1. The van der Waals surface area contributed by atoms with Crippen LogP contribution in [0.15, 0.2) is 40.9 Å². The fourth-order valence-electron chi connectivity index (χ4n) is 3.70. The maximum atomic E-state index is 5.86. The average molecular weight is 365 g/mol. The molecular formula is C22H27N3O2. The minimum atomic E-state index is 0.249. The van der Waals surface area contributed by atoms with Crippen molar-refractivity contribution in [1.29, 1.82) is 0 Å². The number of hydrogen-bond donors (Lipinski definition) is 0. The van der Waals surface area contributed by atoms with Crippen molar-refractivity contribution < 1.29 is 9.26 Å². The van der Waals surface area contributed by atoms with Crippen LogP contribution in [0.4, 0.5) is 0 Å². The second kappa shape index (κ2) is 8.09. The largest absolute Gasteiger partial charge is 0.494 e. The van der Waals surface area contributed by atoms with Gasteiger partial charge in [-0.2, -0.15) is 4.98 Å². The summed E-state index contributed by atoms with van der Waals surface area (Å²) in [4.78, 5) is 6.93. The van der Waals surface area contributed by atoms with E-state index in [9.17, 15) is 0 Å². The van der Waals surface area contributed by atoms with Crippen LogP contribution in [0.3, 0.4) is 0 Å². The molecule has 3 aromatic rings. The second-order valence-electron chi connectivity index (χ2n) is 7.37. The molecule has 0 N–H and O–H groups in total. The molecule has 2 heterocycles. The molecule has 0 saturated carbocycles. The Kier molecular flexibility index (Phi) is 5.39. The van der Waals surface area contributed by atoms with Gasteiger partial charge in [-0.3, -0.25) is 4.90 Å². The highest BCUT2D eigenvalue weighted by Crippen LogP contribution is 2.31. The molecule has 2 aromatic carbocycles. The summed E-state index contributed by atoms with van der Waals surface area (Å²) >= 11 is 0. The van der Waals surface area contributed by atoms with Gasteiger partial charge < -0.3 is 9.26 Å². The summed E-state index contributed by atoms with van der Waals surface area (Å²) in [6.45, 7) is 4.06. The molecular weight excluding hydrogens is 338 g/mol. The van der Waals surface area contributed by atoms with Crippen LogP contribution in [0, 0.1) is 0 Å². The van der Waals surface area contributed by atoms with E-state index < -0.39 is 0 Å². The van der Waals surface area contributed by atoms with Crippen LogP contribution in [-0.4, -0.2) is 35.2 Å². The van der Waals surface area contributed by atoms with Gasteiger partial charge in [0.25, 0.3) is 0 Å². The highest BCUT2D eigenvalue weighted by molar-refractivity contribution is 5.87. The molecule has 1 saturated heterocycles. The van der Waals surface area contributed by atoms with E-state index in [1.807, 2.05) is 6.07 Å². The fraction of sp³-hybridized carbons (Fsp3) is 0.455. The van der Waals surface area contributed by atoms with Gasteiger partial charge in [-0.15, -0.1) is 0 Å². The summed E-state index contributed by atoms with van der Waals surface area (Å²) < 4.78 is 11.4. The molecule has 0 amide bonds. The van der Waals surface area contributed by atoms with Crippen molar-refractivity contribution >= 4 is 10.8 Å². The van der Waals surface area contributed by atoms with Gasteiger partial charge in [-0.05, 0) is 61.8 Å². The SMILES string of the molecule is CCCCCOc1ccc2cc(-c3noc([C@@H]4CCCN4C)n3)ccc2c1. The predicted molar refractivity (Wildman–Crippen MR) is 107 cm³/mol. The third-order valence-electron chi connectivity index (χ3n) is 5.33. The summed E-state index contributed by atoms with van der Waals surface area (Å²) in [6.07, 6.45) is 5.78. The van der Waals surface area contributed by atoms with Gasteiger partial charge in [-0.1, -0.05) is 43.1 Å². The molecule has 142 valence electrons. The van der Waals surface area contributed by atoms with Crippen molar-refractivity contribution in [1.82, 2.24) is 15.0 Å². The van der Waals surface area contributed by atoms with Crippen molar-refractivity contribution in [2.45, 2.75) is 45.1 Å². The number of hydrogen-bond acceptors (Lipinski definition) is 5. The fourth-order valence-corrected chi connectivity index (χ4v) is 3.70. The number of likely N-dealkylation sites (tertiary alicyclic amines) is 1. The lowest BCUT2D eigenvalue weighted by Gasteiger charge is -2.14. The maximum Gasteiger partial charge on any atom is 0.244 e. The zero-order chi connectivity index (χ0) is 18.6. The molecule has 1 aliphatic rings. The molecule has 0 spiro atoms. The first-order chi connectivity index (χ1) is 13.2. The molecule has 27 heavy (non-hydrogen) atoms. The van der Waals surface area contributed by atoms with Crippen molar-refractivity contribution in [3.8, 4) is 17.1 Å². The van der Waals surface area contributed by atoms with Crippen LogP contribution in [0.5, 0.6) is 5.75 Å². The van der Waals surface area contributed by atoms with Gasteiger partial charge in [0.1, 0.15) is 5.75 Å². The molecule has 1 aromatic heterocycles.